The summed E-state index contributed by atoms with van der Waals surface area (Å²) < 4.78 is 2.09. The van der Waals surface area contributed by atoms with E-state index in [1.165, 1.54) is 11.9 Å². The molecular formula is C19H22N5O3+. The summed E-state index contributed by atoms with van der Waals surface area (Å²) in [5.74, 6) is 0.566. The minimum Gasteiger partial charge on any atom is -0.291 e. The number of imide groups is 1. The fraction of sp³-hybridized carbons (Fsp3) is 0.421. The largest absolute Gasteiger partial charge is 0.392 e. The summed E-state index contributed by atoms with van der Waals surface area (Å²) in [6, 6.07) is 7.86. The maximum Gasteiger partial charge on any atom is 0.392 e. The third kappa shape index (κ3) is 2.81. The Bertz CT molecular complexity index is 869. The van der Waals surface area contributed by atoms with Gasteiger partial charge in [-0.25, -0.2) is 9.69 Å². The first-order chi connectivity index (χ1) is 13.0. The molecule has 1 unspecified atom stereocenters. The lowest BCUT2D eigenvalue weighted by atomic mass is 10.1. The van der Waals surface area contributed by atoms with Crippen molar-refractivity contribution >= 4 is 29.5 Å². The molecule has 3 amide bonds. The fourth-order valence-electron chi connectivity index (χ4n) is 3.79. The van der Waals surface area contributed by atoms with E-state index in [9.17, 15) is 14.4 Å². The Kier molecular flexibility index (Phi) is 4.25. The van der Waals surface area contributed by atoms with Crippen LogP contribution in [0.2, 0.25) is 0 Å². The van der Waals surface area contributed by atoms with Crippen LogP contribution in [0.25, 0.3) is 0 Å². The molecule has 3 heterocycles. The average Bonchev–Trinajstić information content (AvgIpc) is 3.33. The van der Waals surface area contributed by atoms with Crippen LogP contribution in [0.15, 0.2) is 35.3 Å². The summed E-state index contributed by atoms with van der Waals surface area (Å²) in [5, 5.41) is 0. The predicted molar refractivity (Wildman–Crippen MR) is 98.9 cm³/mol. The van der Waals surface area contributed by atoms with Crippen molar-refractivity contribution in [2.75, 3.05) is 33.7 Å². The standard InChI is InChI=1S/C19H22N5O3/c1-21-16-15(17(26)22(2)19(21)27)24(18(20-16)23-10-6-7-11-23)12-14(25)13-8-4-3-5-9-13/h3-5,8-9,15H,6-7,10-12H2,1-2H3/q+1. The van der Waals surface area contributed by atoms with Crippen molar-refractivity contribution in [1.29, 1.82) is 0 Å². The molecule has 4 rings (SSSR count). The molecule has 8 nitrogen and oxygen atoms in total. The van der Waals surface area contributed by atoms with E-state index in [1.807, 2.05) is 18.2 Å². The van der Waals surface area contributed by atoms with Crippen LogP contribution >= 0.6 is 0 Å². The molecule has 0 spiro atoms. The maximum atomic E-state index is 12.9. The number of rotatable bonds is 3. The molecule has 1 atom stereocenters. The van der Waals surface area contributed by atoms with Gasteiger partial charge in [-0.3, -0.25) is 24.0 Å². The first kappa shape index (κ1) is 17.4. The zero-order chi connectivity index (χ0) is 19.1. The van der Waals surface area contributed by atoms with Gasteiger partial charge in [0, 0.05) is 19.7 Å². The summed E-state index contributed by atoms with van der Waals surface area (Å²) in [6.07, 6.45) is 2.09. The number of amidine groups is 1. The maximum absolute atomic E-state index is 12.9. The Hall–Kier alpha value is -3.03. The molecule has 0 saturated carbocycles. The van der Waals surface area contributed by atoms with Gasteiger partial charge in [-0.15, -0.1) is 0 Å². The smallest absolute Gasteiger partial charge is 0.291 e. The van der Waals surface area contributed by atoms with Crippen molar-refractivity contribution in [3.8, 4) is 0 Å². The van der Waals surface area contributed by atoms with Gasteiger partial charge >= 0.3 is 12.0 Å². The van der Waals surface area contributed by atoms with Gasteiger partial charge in [0.2, 0.25) is 11.9 Å². The third-order valence-electron chi connectivity index (χ3n) is 5.31. The summed E-state index contributed by atoms with van der Waals surface area (Å²) in [6.45, 7) is 1.70. The van der Waals surface area contributed by atoms with Crippen molar-refractivity contribution in [3.05, 3.63) is 35.9 Å². The van der Waals surface area contributed by atoms with Crippen LogP contribution in [-0.4, -0.2) is 88.6 Å². The number of Topliss-reactive ketones (excluding diaryl/α,β-unsaturated/α-hetero) is 1. The van der Waals surface area contributed by atoms with E-state index in [1.54, 1.807) is 24.1 Å². The molecule has 140 valence electrons. The number of likely N-dealkylation sites (N-methyl/N-ethyl adjacent to an activating group) is 2. The fourth-order valence-corrected chi connectivity index (χ4v) is 3.79. The Morgan fingerprint density at radius 3 is 2.44 bits per heavy atom. The van der Waals surface area contributed by atoms with Crippen molar-refractivity contribution < 1.29 is 19.0 Å². The van der Waals surface area contributed by atoms with Gasteiger partial charge in [-0.05, 0) is 12.8 Å². The number of guanidine groups is 1. The normalized spacial score (nSPS) is 22.5. The quantitative estimate of drug-likeness (QED) is 0.580. The molecule has 2 fully saturated rings. The lowest BCUT2D eigenvalue weighted by Crippen LogP contribution is -2.63. The van der Waals surface area contributed by atoms with Crippen LogP contribution in [0.1, 0.15) is 23.2 Å². The Morgan fingerprint density at radius 2 is 1.78 bits per heavy atom. The summed E-state index contributed by atoms with van der Waals surface area (Å²) in [7, 11) is 3.07. The molecule has 0 aliphatic carbocycles. The minimum absolute atomic E-state index is 0.0368. The van der Waals surface area contributed by atoms with E-state index in [0.717, 1.165) is 30.8 Å². The van der Waals surface area contributed by atoms with E-state index >= 15 is 0 Å². The predicted octanol–water partition coefficient (Wildman–Crippen LogP) is 0.638. The van der Waals surface area contributed by atoms with Crippen LogP contribution in [0, 0.1) is 0 Å². The molecule has 1 aromatic rings. The van der Waals surface area contributed by atoms with Crippen molar-refractivity contribution in [1.82, 2.24) is 14.7 Å². The van der Waals surface area contributed by atoms with Crippen molar-refractivity contribution in [2.24, 2.45) is 4.99 Å². The first-order valence-electron chi connectivity index (χ1n) is 9.09. The highest BCUT2D eigenvalue weighted by molar-refractivity contribution is 6.25. The van der Waals surface area contributed by atoms with E-state index in [0.29, 0.717) is 17.4 Å². The molecular weight excluding hydrogens is 346 g/mol. The topological polar surface area (TPSA) is 76.3 Å². The summed E-state index contributed by atoms with van der Waals surface area (Å²) in [4.78, 5) is 46.9. The number of ketones is 1. The number of fused-ring (bicyclic) bond motifs is 1. The van der Waals surface area contributed by atoms with E-state index in [4.69, 9.17) is 0 Å². The number of benzene rings is 1. The number of hydrogen-bond acceptors (Lipinski definition) is 3. The Morgan fingerprint density at radius 1 is 1.11 bits per heavy atom. The molecule has 0 bridgehead atoms. The second-order valence-electron chi connectivity index (χ2n) is 7.02. The number of nitrogens with zero attached hydrogens (tertiary/aromatic N) is 5. The zero-order valence-corrected chi connectivity index (χ0v) is 15.5. The minimum atomic E-state index is -0.749. The van der Waals surface area contributed by atoms with Crippen molar-refractivity contribution in [2.45, 2.75) is 18.9 Å². The number of carbonyl (C=O) groups excluding carboxylic acids is 3. The van der Waals surface area contributed by atoms with E-state index in [2.05, 4.69) is 9.57 Å². The Labute approximate surface area is 157 Å². The molecule has 1 aromatic carbocycles. The number of urea groups is 1. The average molecular weight is 368 g/mol. The SMILES string of the molecule is CN1C(=O)C2C(=NC(=[N+]3CCCC3)N2CC(=O)c2ccccc2)N(C)C1=O. The highest BCUT2D eigenvalue weighted by Crippen LogP contribution is 2.24. The van der Waals surface area contributed by atoms with Gasteiger partial charge < -0.3 is 0 Å². The van der Waals surface area contributed by atoms with Gasteiger partial charge in [-0.2, -0.15) is 0 Å². The van der Waals surface area contributed by atoms with Crippen LogP contribution in [0.5, 0.6) is 0 Å². The number of aliphatic imine (C=N–C) groups is 1. The first-order valence-corrected chi connectivity index (χ1v) is 9.09. The molecule has 8 heteroatoms. The van der Waals surface area contributed by atoms with Crippen LogP contribution < -0.4 is 0 Å². The Balaban J connectivity index is 1.73. The zero-order valence-electron chi connectivity index (χ0n) is 15.5. The lowest BCUT2D eigenvalue weighted by Gasteiger charge is -2.32. The molecule has 3 aliphatic rings. The van der Waals surface area contributed by atoms with Crippen LogP contribution in [-0.2, 0) is 4.79 Å². The third-order valence-corrected chi connectivity index (χ3v) is 5.31. The molecule has 2 saturated heterocycles. The number of carbonyl (C=O) groups is 3. The molecule has 0 N–H and O–H groups in total. The van der Waals surface area contributed by atoms with E-state index in [-0.39, 0.29) is 18.2 Å². The highest BCUT2D eigenvalue weighted by Gasteiger charge is 2.55. The number of amides is 3. The second-order valence-corrected chi connectivity index (χ2v) is 7.02. The monoisotopic (exact) mass is 368 g/mol. The molecule has 27 heavy (non-hydrogen) atoms. The highest BCUT2D eigenvalue weighted by atomic mass is 16.2. The number of hydrogen-bond donors (Lipinski definition) is 0. The van der Waals surface area contributed by atoms with Gasteiger partial charge in [0.15, 0.2) is 5.78 Å². The molecule has 0 radical (unpaired) electrons. The lowest BCUT2D eigenvalue weighted by molar-refractivity contribution is -0.511. The van der Waals surface area contributed by atoms with Gasteiger partial charge in [0.25, 0.3) is 5.91 Å². The summed E-state index contributed by atoms with van der Waals surface area (Å²) >= 11 is 0. The second kappa shape index (κ2) is 6.61. The van der Waals surface area contributed by atoms with Crippen LogP contribution in [0.4, 0.5) is 4.79 Å². The summed E-state index contributed by atoms with van der Waals surface area (Å²) in [5.41, 5.74) is 0.591. The van der Waals surface area contributed by atoms with Gasteiger partial charge in [0.1, 0.15) is 6.54 Å². The molecule has 0 aromatic heterocycles. The molecule has 3 aliphatic heterocycles. The van der Waals surface area contributed by atoms with E-state index < -0.39 is 12.1 Å². The van der Waals surface area contributed by atoms with Gasteiger partial charge in [0.05, 0.1) is 13.1 Å². The van der Waals surface area contributed by atoms with Crippen LogP contribution in [0.3, 0.4) is 0 Å². The van der Waals surface area contributed by atoms with Crippen molar-refractivity contribution in [3.63, 3.8) is 0 Å². The van der Waals surface area contributed by atoms with Gasteiger partial charge in [-0.1, -0.05) is 35.3 Å².